The summed E-state index contributed by atoms with van der Waals surface area (Å²) in [7, 11) is 0. The molecular weight excluding hydrogens is 482 g/mol. The van der Waals surface area contributed by atoms with E-state index in [1.807, 2.05) is 108 Å². The van der Waals surface area contributed by atoms with Crippen molar-refractivity contribution < 1.29 is 9.59 Å². The number of hydrogen-bond acceptors (Lipinski definition) is 2. The van der Waals surface area contributed by atoms with Gasteiger partial charge in [0.1, 0.15) is 0 Å². The molecule has 0 spiro atoms. The highest BCUT2D eigenvalue weighted by molar-refractivity contribution is 6.32. The lowest BCUT2D eigenvalue weighted by Crippen LogP contribution is -2.50. The summed E-state index contributed by atoms with van der Waals surface area (Å²) >= 11 is 6.58. The van der Waals surface area contributed by atoms with Gasteiger partial charge in [-0.3, -0.25) is 9.59 Å². The zero-order valence-electron chi connectivity index (χ0n) is 20.9. The van der Waals surface area contributed by atoms with Crippen LogP contribution in [0.2, 0.25) is 5.02 Å². The van der Waals surface area contributed by atoms with Crippen molar-refractivity contribution in [3.8, 4) is 16.9 Å². The molecule has 1 aliphatic rings. The van der Waals surface area contributed by atoms with Gasteiger partial charge in [0.15, 0.2) is 0 Å². The molecule has 0 bridgehead atoms. The van der Waals surface area contributed by atoms with Gasteiger partial charge in [-0.15, -0.1) is 0 Å². The second-order valence-corrected chi connectivity index (χ2v) is 9.75. The molecule has 4 aromatic rings. The maximum atomic E-state index is 13.7. The Balaban J connectivity index is 1.33. The van der Waals surface area contributed by atoms with E-state index in [1.54, 1.807) is 0 Å². The second-order valence-electron chi connectivity index (χ2n) is 9.34. The van der Waals surface area contributed by atoms with Crippen molar-refractivity contribution in [1.82, 2.24) is 14.4 Å². The van der Waals surface area contributed by atoms with Gasteiger partial charge in [0.05, 0.1) is 22.0 Å². The van der Waals surface area contributed by atoms with E-state index in [1.165, 1.54) is 0 Å². The van der Waals surface area contributed by atoms with Crippen molar-refractivity contribution in [3.05, 3.63) is 113 Å². The molecule has 0 atom stereocenters. The van der Waals surface area contributed by atoms with Gasteiger partial charge in [-0.25, -0.2) is 0 Å². The van der Waals surface area contributed by atoms with Crippen molar-refractivity contribution in [2.45, 2.75) is 19.8 Å². The standard InChI is InChI=1S/C31H30ClN3O2/c1-23-26(22-29(25-12-6-3-7-13-25)35(23)28-15-9-8-14-27(28)32)31(37)34-20-18-33(19-21-34)30(36)17-16-24-10-4-2-5-11-24/h2-15,22H,16-21H2,1H3. The van der Waals surface area contributed by atoms with Crippen LogP contribution in [-0.2, 0) is 11.2 Å². The number of aryl methyl sites for hydroxylation is 1. The Morgan fingerprint density at radius 3 is 2.05 bits per heavy atom. The molecule has 0 aliphatic carbocycles. The quantitative estimate of drug-likeness (QED) is 0.317. The van der Waals surface area contributed by atoms with Gasteiger partial charge in [-0.2, -0.15) is 0 Å². The Hall–Kier alpha value is -3.83. The van der Waals surface area contributed by atoms with E-state index >= 15 is 0 Å². The lowest BCUT2D eigenvalue weighted by Gasteiger charge is -2.35. The highest BCUT2D eigenvalue weighted by Crippen LogP contribution is 2.33. The molecule has 0 saturated carbocycles. The van der Waals surface area contributed by atoms with Crippen molar-refractivity contribution in [3.63, 3.8) is 0 Å². The number of para-hydroxylation sites is 1. The molecule has 5 rings (SSSR count). The Kier molecular flexibility index (Phi) is 7.42. The summed E-state index contributed by atoms with van der Waals surface area (Å²) in [5, 5.41) is 0.625. The number of benzene rings is 3. The van der Waals surface area contributed by atoms with E-state index in [-0.39, 0.29) is 11.8 Å². The number of carbonyl (C=O) groups is 2. The fraction of sp³-hybridized carbons (Fsp3) is 0.226. The van der Waals surface area contributed by atoms with Crippen LogP contribution in [0.5, 0.6) is 0 Å². The molecule has 1 fully saturated rings. The van der Waals surface area contributed by atoms with Crippen LogP contribution in [0.15, 0.2) is 91.0 Å². The third-order valence-electron chi connectivity index (χ3n) is 7.03. The Morgan fingerprint density at radius 1 is 0.784 bits per heavy atom. The molecule has 2 heterocycles. The van der Waals surface area contributed by atoms with Crippen LogP contribution < -0.4 is 0 Å². The first-order valence-electron chi connectivity index (χ1n) is 12.7. The number of aromatic nitrogens is 1. The predicted molar refractivity (Wildman–Crippen MR) is 148 cm³/mol. The van der Waals surface area contributed by atoms with Gasteiger partial charge in [0, 0.05) is 38.3 Å². The first-order valence-corrected chi connectivity index (χ1v) is 13.0. The monoisotopic (exact) mass is 511 g/mol. The lowest BCUT2D eigenvalue weighted by molar-refractivity contribution is -0.132. The van der Waals surface area contributed by atoms with E-state index in [2.05, 4.69) is 4.57 Å². The maximum absolute atomic E-state index is 13.7. The fourth-order valence-corrected chi connectivity index (χ4v) is 5.19. The fourth-order valence-electron chi connectivity index (χ4n) is 4.97. The van der Waals surface area contributed by atoms with Crippen molar-refractivity contribution in [1.29, 1.82) is 0 Å². The summed E-state index contributed by atoms with van der Waals surface area (Å²) in [5.74, 6) is 0.125. The van der Waals surface area contributed by atoms with Gasteiger partial charge < -0.3 is 14.4 Å². The summed E-state index contributed by atoms with van der Waals surface area (Å²) < 4.78 is 2.06. The molecule has 2 amide bonds. The van der Waals surface area contributed by atoms with Gasteiger partial charge in [-0.05, 0) is 42.7 Å². The number of nitrogens with zero attached hydrogens (tertiary/aromatic N) is 3. The Bertz CT molecular complexity index is 1390. The molecule has 6 heteroatoms. The molecule has 3 aromatic carbocycles. The van der Waals surface area contributed by atoms with E-state index in [9.17, 15) is 9.59 Å². The minimum atomic E-state index is -0.0168. The van der Waals surface area contributed by atoms with Gasteiger partial charge in [0.2, 0.25) is 5.91 Å². The third-order valence-corrected chi connectivity index (χ3v) is 7.35. The van der Waals surface area contributed by atoms with Gasteiger partial charge >= 0.3 is 0 Å². The summed E-state index contributed by atoms with van der Waals surface area (Å²) in [6, 6.07) is 29.7. The van der Waals surface area contributed by atoms with Crippen LogP contribution in [0.1, 0.15) is 28.0 Å². The number of amides is 2. The molecule has 1 aliphatic heterocycles. The minimum Gasteiger partial charge on any atom is -0.339 e. The van der Waals surface area contributed by atoms with Gasteiger partial charge in [-0.1, -0.05) is 84.4 Å². The highest BCUT2D eigenvalue weighted by atomic mass is 35.5. The van der Waals surface area contributed by atoms with Crippen LogP contribution in [-0.4, -0.2) is 52.4 Å². The topological polar surface area (TPSA) is 45.6 Å². The lowest BCUT2D eigenvalue weighted by atomic mass is 10.1. The predicted octanol–water partition coefficient (Wildman–Crippen LogP) is 6.02. The first-order chi connectivity index (χ1) is 18.0. The second kappa shape index (κ2) is 11.1. The normalized spacial score (nSPS) is 13.6. The number of hydrogen-bond donors (Lipinski definition) is 0. The smallest absolute Gasteiger partial charge is 0.255 e. The molecule has 0 radical (unpaired) electrons. The largest absolute Gasteiger partial charge is 0.339 e. The SMILES string of the molecule is Cc1c(C(=O)N2CCN(C(=O)CCc3ccccc3)CC2)cc(-c2ccccc2)n1-c1ccccc1Cl. The number of carbonyl (C=O) groups excluding carboxylic acids is 2. The van der Waals surface area contributed by atoms with Crippen molar-refractivity contribution in [2.24, 2.45) is 0 Å². The minimum absolute atomic E-state index is 0.0168. The summed E-state index contributed by atoms with van der Waals surface area (Å²) in [4.78, 5) is 30.2. The molecule has 1 saturated heterocycles. The molecule has 1 aromatic heterocycles. The average Bonchev–Trinajstić information content (AvgIpc) is 3.29. The zero-order valence-corrected chi connectivity index (χ0v) is 21.7. The third kappa shape index (κ3) is 5.32. The van der Waals surface area contributed by atoms with Crippen molar-refractivity contribution >= 4 is 23.4 Å². The summed E-state index contributed by atoms with van der Waals surface area (Å²) in [6.07, 6.45) is 1.22. The summed E-state index contributed by atoms with van der Waals surface area (Å²) in [6.45, 7) is 4.11. The molecule has 188 valence electrons. The van der Waals surface area contributed by atoms with Crippen molar-refractivity contribution in [2.75, 3.05) is 26.2 Å². The van der Waals surface area contributed by atoms with E-state index < -0.39 is 0 Å². The van der Waals surface area contributed by atoms with E-state index in [0.717, 1.165) is 34.6 Å². The van der Waals surface area contributed by atoms with Crippen LogP contribution in [0.25, 0.3) is 16.9 Å². The van der Waals surface area contributed by atoms with Crippen LogP contribution >= 0.6 is 11.6 Å². The van der Waals surface area contributed by atoms with Crippen LogP contribution in [0, 0.1) is 6.92 Å². The first kappa shape index (κ1) is 24.8. The van der Waals surface area contributed by atoms with E-state index in [4.69, 9.17) is 11.6 Å². The average molecular weight is 512 g/mol. The Labute approximate surface area is 222 Å². The molecule has 37 heavy (non-hydrogen) atoms. The zero-order chi connectivity index (χ0) is 25.8. The maximum Gasteiger partial charge on any atom is 0.255 e. The van der Waals surface area contributed by atoms with E-state index in [0.29, 0.717) is 43.2 Å². The van der Waals surface area contributed by atoms with Crippen LogP contribution in [0.3, 0.4) is 0 Å². The molecular formula is C31H30ClN3O2. The molecule has 0 N–H and O–H groups in total. The van der Waals surface area contributed by atoms with Gasteiger partial charge in [0.25, 0.3) is 5.91 Å². The number of halogens is 1. The molecule has 0 unspecified atom stereocenters. The highest BCUT2D eigenvalue weighted by Gasteiger charge is 2.28. The Morgan fingerprint density at radius 2 is 1.38 bits per heavy atom. The summed E-state index contributed by atoms with van der Waals surface area (Å²) in [5.41, 5.74) is 5.44. The molecule has 5 nitrogen and oxygen atoms in total. The number of rotatable bonds is 6. The number of piperazine rings is 1. The van der Waals surface area contributed by atoms with Crippen LogP contribution in [0.4, 0.5) is 0 Å².